The van der Waals surface area contributed by atoms with Gasteiger partial charge < -0.3 is 10.1 Å². The molecule has 7 nitrogen and oxygen atoms in total. The molecule has 1 aliphatic rings. The molecule has 4 rings (SSSR count). The smallest absolute Gasteiger partial charge is 0.317 e. The van der Waals surface area contributed by atoms with Crippen molar-refractivity contribution in [1.82, 2.24) is 15.1 Å². The van der Waals surface area contributed by atoms with Crippen LogP contribution in [0.5, 0.6) is 5.88 Å². The summed E-state index contributed by atoms with van der Waals surface area (Å²) in [5.41, 5.74) is 4.24. The number of rotatable bonds is 5. The Bertz CT molecular complexity index is 1120. The number of ether oxygens (including phenoxy) is 1. The van der Waals surface area contributed by atoms with Gasteiger partial charge in [0, 0.05) is 7.05 Å². The fraction of sp³-hybridized carbons (Fsp3) is 0.261. The molecule has 2 aromatic carbocycles. The van der Waals surface area contributed by atoms with Gasteiger partial charge in [-0.15, -0.1) is 0 Å². The Balaban J connectivity index is 1.94. The number of aromatic nitrogens is 2. The first-order valence-corrected chi connectivity index (χ1v) is 9.91. The van der Waals surface area contributed by atoms with E-state index in [1.165, 1.54) is 5.56 Å². The van der Waals surface area contributed by atoms with Crippen LogP contribution in [0.2, 0.25) is 0 Å². The van der Waals surface area contributed by atoms with E-state index in [1.54, 1.807) is 11.7 Å². The molecule has 0 amide bonds. The van der Waals surface area contributed by atoms with Crippen molar-refractivity contribution in [2.24, 2.45) is 0 Å². The molecule has 2 heterocycles. The molecule has 1 aliphatic heterocycles. The fourth-order valence-electron chi connectivity index (χ4n) is 3.87. The van der Waals surface area contributed by atoms with Crippen LogP contribution >= 0.6 is 0 Å². The summed E-state index contributed by atoms with van der Waals surface area (Å²) < 4.78 is 7.71. The van der Waals surface area contributed by atoms with Crippen LogP contribution in [0.25, 0.3) is 5.69 Å². The van der Waals surface area contributed by atoms with Gasteiger partial charge in [-0.1, -0.05) is 56.3 Å². The predicted octanol–water partition coefficient (Wildman–Crippen LogP) is 4.49. The summed E-state index contributed by atoms with van der Waals surface area (Å²) in [6, 6.07) is 17.6. The van der Waals surface area contributed by atoms with E-state index in [0.29, 0.717) is 23.1 Å². The number of nitrogens with one attached hydrogen (secondary N) is 1. The lowest BCUT2D eigenvalue weighted by atomic mass is 9.86. The number of nitro groups is 1. The quantitative estimate of drug-likeness (QED) is 0.500. The van der Waals surface area contributed by atoms with Gasteiger partial charge in [0.25, 0.3) is 5.88 Å². The van der Waals surface area contributed by atoms with Crippen molar-refractivity contribution in [1.29, 1.82) is 0 Å². The SMILES string of the molecule is CNC1=C([N+](=O)[O-])C(c2ccc(C(C)C)cc2)c2c(C)nn(-c3ccccc3)c2O1. The molecule has 1 atom stereocenters. The average molecular weight is 404 g/mol. The minimum absolute atomic E-state index is 0.0157. The maximum atomic E-state index is 12.1. The van der Waals surface area contributed by atoms with Crippen molar-refractivity contribution >= 4 is 0 Å². The van der Waals surface area contributed by atoms with Gasteiger partial charge in [0.2, 0.25) is 5.88 Å². The van der Waals surface area contributed by atoms with E-state index in [2.05, 4.69) is 24.3 Å². The van der Waals surface area contributed by atoms with Gasteiger partial charge in [0.1, 0.15) is 5.92 Å². The van der Waals surface area contributed by atoms with Gasteiger partial charge in [-0.2, -0.15) is 5.10 Å². The number of aryl methyl sites for hydroxylation is 1. The predicted molar refractivity (Wildman–Crippen MR) is 114 cm³/mol. The van der Waals surface area contributed by atoms with Crippen LogP contribution in [0.1, 0.15) is 48.1 Å². The van der Waals surface area contributed by atoms with Crippen LogP contribution in [0.3, 0.4) is 0 Å². The highest BCUT2D eigenvalue weighted by Gasteiger charge is 2.43. The standard InChI is InChI=1S/C23H24N4O3/c1-14(2)16-10-12-17(13-11-16)20-19-15(3)25-26(18-8-6-5-7-9-18)23(19)30-22(24-4)21(20)27(28)29/h5-14,20,24H,1-4H3. The highest BCUT2D eigenvalue weighted by Crippen LogP contribution is 2.45. The summed E-state index contributed by atoms with van der Waals surface area (Å²) in [5.74, 6) is 0.407. The Morgan fingerprint density at radius 3 is 2.37 bits per heavy atom. The molecule has 0 saturated heterocycles. The summed E-state index contributed by atoms with van der Waals surface area (Å²) in [7, 11) is 1.62. The molecule has 154 valence electrons. The van der Waals surface area contributed by atoms with Crippen molar-refractivity contribution < 1.29 is 9.66 Å². The summed E-state index contributed by atoms with van der Waals surface area (Å²) in [6.07, 6.45) is 0. The summed E-state index contributed by atoms with van der Waals surface area (Å²) in [6.45, 7) is 6.10. The normalized spacial score (nSPS) is 15.7. The van der Waals surface area contributed by atoms with Crippen LogP contribution in [0.15, 0.2) is 66.2 Å². The maximum Gasteiger partial charge on any atom is 0.317 e. The molecule has 0 bridgehead atoms. The second kappa shape index (κ2) is 7.67. The van der Waals surface area contributed by atoms with E-state index in [0.717, 1.165) is 11.3 Å². The molecule has 1 unspecified atom stereocenters. The lowest BCUT2D eigenvalue weighted by molar-refractivity contribution is -0.432. The van der Waals surface area contributed by atoms with E-state index in [4.69, 9.17) is 4.74 Å². The molecule has 1 aromatic heterocycles. The number of allylic oxidation sites excluding steroid dienone is 1. The van der Waals surface area contributed by atoms with Crippen LogP contribution in [-0.4, -0.2) is 21.8 Å². The number of para-hydroxylation sites is 1. The van der Waals surface area contributed by atoms with Crippen molar-refractivity contribution in [3.05, 3.63) is 98.7 Å². The van der Waals surface area contributed by atoms with E-state index >= 15 is 0 Å². The molecular formula is C23H24N4O3. The number of fused-ring (bicyclic) bond motifs is 1. The number of hydrogen-bond acceptors (Lipinski definition) is 5. The largest absolute Gasteiger partial charge is 0.416 e. The van der Waals surface area contributed by atoms with E-state index < -0.39 is 5.92 Å². The van der Waals surface area contributed by atoms with Crippen LogP contribution < -0.4 is 10.1 Å². The van der Waals surface area contributed by atoms with Gasteiger partial charge in [-0.05, 0) is 36.1 Å². The lowest BCUT2D eigenvalue weighted by Gasteiger charge is -2.24. The number of hydrogen-bond donors (Lipinski definition) is 1. The van der Waals surface area contributed by atoms with Crippen molar-refractivity contribution in [2.75, 3.05) is 7.05 Å². The molecule has 0 aliphatic carbocycles. The highest BCUT2D eigenvalue weighted by atomic mass is 16.6. The minimum atomic E-state index is -0.593. The third-order valence-corrected chi connectivity index (χ3v) is 5.42. The Hall–Kier alpha value is -3.61. The molecule has 1 N–H and O–H groups in total. The third kappa shape index (κ3) is 3.22. The first kappa shape index (κ1) is 19.7. The van der Waals surface area contributed by atoms with Crippen molar-refractivity contribution in [3.8, 4) is 11.6 Å². The zero-order valence-electron chi connectivity index (χ0n) is 17.4. The second-order valence-corrected chi connectivity index (χ2v) is 7.63. The van der Waals surface area contributed by atoms with E-state index in [1.807, 2.05) is 61.5 Å². The Kier molecular flexibility index (Phi) is 5.03. The molecule has 7 heteroatoms. The Morgan fingerprint density at radius 1 is 1.13 bits per heavy atom. The van der Waals surface area contributed by atoms with Crippen LogP contribution in [0.4, 0.5) is 0 Å². The lowest BCUT2D eigenvalue weighted by Crippen LogP contribution is -2.28. The van der Waals surface area contributed by atoms with Gasteiger partial charge in [-0.3, -0.25) is 10.1 Å². The first-order valence-electron chi connectivity index (χ1n) is 9.91. The Labute approximate surface area is 175 Å². The molecular weight excluding hydrogens is 380 g/mol. The van der Waals surface area contributed by atoms with Crippen LogP contribution in [-0.2, 0) is 0 Å². The zero-order chi connectivity index (χ0) is 21.4. The Morgan fingerprint density at radius 2 is 1.80 bits per heavy atom. The summed E-state index contributed by atoms with van der Waals surface area (Å²) in [4.78, 5) is 11.7. The molecule has 0 fully saturated rings. The van der Waals surface area contributed by atoms with E-state index in [9.17, 15) is 10.1 Å². The number of benzene rings is 2. The molecule has 0 radical (unpaired) electrons. The van der Waals surface area contributed by atoms with Gasteiger partial charge >= 0.3 is 5.70 Å². The highest BCUT2D eigenvalue weighted by molar-refractivity contribution is 5.53. The topological polar surface area (TPSA) is 82.2 Å². The summed E-state index contributed by atoms with van der Waals surface area (Å²) in [5, 5.41) is 19.6. The monoisotopic (exact) mass is 404 g/mol. The molecule has 0 saturated carbocycles. The summed E-state index contributed by atoms with van der Waals surface area (Å²) >= 11 is 0. The molecule has 0 spiro atoms. The van der Waals surface area contributed by atoms with E-state index in [-0.39, 0.29) is 16.5 Å². The molecule has 3 aromatic rings. The zero-order valence-corrected chi connectivity index (χ0v) is 17.4. The fourth-order valence-corrected chi connectivity index (χ4v) is 3.87. The van der Waals surface area contributed by atoms with Crippen LogP contribution in [0, 0.1) is 17.0 Å². The van der Waals surface area contributed by atoms with Gasteiger partial charge in [-0.25, -0.2) is 4.68 Å². The number of nitrogens with zero attached hydrogens (tertiary/aromatic N) is 3. The maximum absolute atomic E-state index is 12.1. The average Bonchev–Trinajstić information content (AvgIpc) is 3.09. The van der Waals surface area contributed by atoms with Gasteiger partial charge in [0.15, 0.2) is 0 Å². The van der Waals surface area contributed by atoms with Crippen molar-refractivity contribution in [2.45, 2.75) is 32.6 Å². The first-order chi connectivity index (χ1) is 14.4. The third-order valence-electron chi connectivity index (χ3n) is 5.42. The molecule has 30 heavy (non-hydrogen) atoms. The minimum Gasteiger partial charge on any atom is -0.416 e. The van der Waals surface area contributed by atoms with Crippen molar-refractivity contribution in [3.63, 3.8) is 0 Å². The second-order valence-electron chi connectivity index (χ2n) is 7.63. The van der Waals surface area contributed by atoms with Gasteiger partial charge in [0.05, 0.1) is 21.9 Å².